The van der Waals surface area contributed by atoms with Crippen LogP contribution in [0, 0.1) is 12.7 Å². The quantitative estimate of drug-likeness (QED) is 0.858. The third-order valence-corrected chi connectivity index (χ3v) is 3.14. The third-order valence-electron chi connectivity index (χ3n) is 3.14. The molecule has 0 spiro atoms. The summed E-state index contributed by atoms with van der Waals surface area (Å²) in [5, 5.41) is 0. The second kappa shape index (κ2) is 5.18. The molecule has 2 aromatic carbocycles. The van der Waals surface area contributed by atoms with E-state index in [1.807, 2.05) is 43.1 Å². The van der Waals surface area contributed by atoms with E-state index < -0.39 is 5.82 Å². The number of aryl methyl sites for hydroxylation is 1. The summed E-state index contributed by atoms with van der Waals surface area (Å²) in [5.74, 6) is -0.272. The average Bonchev–Trinajstić information content (AvgIpc) is 2.39. The maximum atomic E-state index is 13.6. The lowest BCUT2D eigenvalue weighted by Crippen LogP contribution is -2.13. The average molecular weight is 260 g/mol. The first-order valence-electron chi connectivity index (χ1n) is 5.97. The number of hydrogen-bond acceptors (Lipinski definition) is 3. The number of para-hydroxylation sites is 1. The van der Waals surface area contributed by atoms with Gasteiger partial charge in [-0.3, -0.25) is 0 Å². The van der Waals surface area contributed by atoms with Crippen molar-refractivity contribution < 1.29 is 9.13 Å². The van der Waals surface area contributed by atoms with Crippen LogP contribution in [0.2, 0.25) is 0 Å². The fourth-order valence-electron chi connectivity index (χ4n) is 2.07. The van der Waals surface area contributed by atoms with Gasteiger partial charge in [0.1, 0.15) is 0 Å². The summed E-state index contributed by atoms with van der Waals surface area (Å²) in [6.07, 6.45) is 0. The second-order valence-electron chi connectivity index (χ2n) is 4.39. The molecule has 0 saturated heterocycles. The molecular formula is C15H17FN2O. The highest BCUT2D eigenvalue weighted by atomic mass is 19.1. The maximum absolute atomic E-state index is 13.6. The third kappa shape index (κ3) is 2.47. The molecule has 0 aromatic heterocycles. The van der Waals surface area contributed by atoms with Gasteiger partial charge in [0.25, 0.3) is 0 Å². The van der Waals surface area contributed by atoms with Crippen molar-refractivity contribution in [2.45, 2.75) is 6.92 Å². The van der Waals surface area contributed by atoms with E-state index in [2.05, 4.69) is 0 Å². The van der Waals surface area contributed by atoms with Crippen LogP contribution in [0.15, 0.2) is 36.4 Å². The number of rotatable bonds is 3. The molecule has 0 unspecified atom stereocenters. The number of nitrogens with two attached hydrogens (primary N) is 1. The van der Waals surface area contributed by atoms with Gasteiger partial charge in [0.2, 0.25) is 0 Å². The van der Waals surface area contributed by atoms with E-state index in [-0.39, 0.29) is 5.75 Å². The zero-order chi connectivity index (χ0) is 14.0. The van der Waals surface area contributed by atoms with Crippen LogP contribution in [0.5, 0.6) is 5.75 Å². The summed E-state index contributed by atoms with van der Waals surface area (Å²) >= 11 is 0. The van der Waals surface area contributed by atoms with Crippen molar-refractivity contribution in [1.82, 2.24) is 0 Å². The van der Waals surface area contributed by atoms with Crippen LogP contribution in [-0.4, -0.2) is 14.2 Å². The lowest BCUT2D eigenvalue weighted by molar-refractivity contribution is 0.387. The van der Waals surface area contributed by atoms with Crippen molar-refractivity contribution in [2.24, 2.45) is 0 Å². The zero-order valence-corrected chi connectivity index (χ0v) is 11.3. The summed E-state index contributed by atoms with van der Waals surface area (Å²) < 4.78 is 18.6. The molecule has 2 rings (SSSR count). The van der Waals surface area contributed by atoms with Gasteiger partial charge in [0.15, 0.2) is 11.6 Å². The standard InChI is InChI=1S/C15H17FN2O/c1-10-6-4-5-7-13(10)18(2)14-9-15(19-3)11(16)8-12(14)17/h4-9H,17H2,1-3H3. The number of halogens is 1. The molecule has 100 valence electrons. The SMILES string of the molecule is COc1cc(N(C)c2ccccc2C)c(N)cc1F. The topological polar surface area (TPSA) is 38.5 Å². The Kier molecular flexibility index (Phi) is 3.60. The van der Waals surface area contributed by atoms with E-state index in [1.54, 1.807) is 6.07 Å². The fourth-order valence-corrected chi connectivity index (χ4v) is 2.07. The van der Waals surface area contributed by atoms with E-state index in [1.165, 1.54) is 13.2 Å². The molecule has 0 atom stereocenters. The number of methoxy groups -OCH3 is 1. The van der Waals surface area contributed by atoms with Crippen LogP contribution < -0.4 is 15.4 Å². The highest BCUT2D eigenvalue weighted by Gasteiger charge is 2.14. The van der Waals surface area contributed by atoms with Crippen LogP contribution in [-0.2, 0) is 0 Å². The first kappa shape index (κ1) is 13.2. The van der Waals surface area contributed by atoms with Gasteiger partial charge in [0, 0.05) is 24.9 Å². The van der Waals surface area contributed by atoms with E-state index in [4.69, 9.17) is 10.5 Å². The molecule has 0 heterocycles. The minimum atomic E-state index is -0.457. The van der Waals surface area contributed by atoms with Crippen molar-refractivity contribution in [3.05, 3.63) is 47.8 Å². The van der Waals surface area contributed by atoms with Gasteiger partial charge in [-0.15, -0.1) is 0 Å². The molecule has 0 saturated carbocycles. The smallest absolute Gasteiger partial charge is 0.167 e. The summed E-state index contributed by atoms with van der Waals surface area (Å²) in [5.41, 5.74) is 9.12. The highest BCUT2D eigenvalue weighted by molar-refractivity contribution is 5.77. The molecule has 4 heteroatoms. The first-order valence-corrected chi connectivity index (χ1v) is 5.97. The Labute approximate surface area is 112 Å². The van der Waals surface area contributed by atoms with Gasteiger partial charge in [-0.05, 0) is 18.6 Å². The first-order chi connectivity index (χ1) is 9.04. The molecule has 0 bridgehead atoms. The Morgan fingerprint density at radius 3 is 2.47 bits per heavy atom. The Bertz CT molecular complexity index is 599. The Morgan fingerprint density at radius 2 is 1.84 bits per heavy atom. The Morgan fingerprint density at radius 1 is 1.16 bits per heavy atom. The fraction of sp³-hybridized carbons (Fsp3) is 0.200. The molecule has 0 aliphatic heterocycles. The summed E-state index contributed by atoms with van der Waals surface area (Å²) in [6.45, 7) is 2.02. The Hall–Kier alpha value is -2.23. The van der Waals surface area contributed by atoms with Crippen molar-refractivity contribution >= 4 is 17.1 Å². The number of nitrogens with zero attached hydrogens (tertiary/aromatic N) is 1. The molecule has 0 radical (unpaired) electrons. The molecule has 0 amide bonds. The maximum Gasteiger partial charge on any atom is 0.167 e. The number of nitrogen functional groups attached to an aromatic ring is 1. The van der Waals surface area contributed by atoms with Gasteiger partial charge < -0.3 is 15.4 Å². The summed E-state index contributed by atoms with van der Waals surface area (Å²) in [6, 6.07) is 10.8. The van der Waals surface area contributed by atoms with E-state index in [0.29, 0.717) is 11.4 Å². The minimum absolute atomic E-state index is 0.185. The summed E-state index contributed by atoms with van der Waals surface area (Å²) in [4.78, 5) is 1.92. The number of hydrogen-bond donors (Lipinski definition) is 1. The molecule has 19 heavy (non-hydrogen) atoms. The lowest BCUT2D eigenvalue weighted by Gasteiger charge is -2.23. The lowest BCUT2D eigenvalue weighted by atomic mass is 10.1. The predicted octanol–water partition coefficient (Wildman–Crippen LogP) is 3.49. The highest BCUT2D eigenvalue weighted by Crippen LogP contribution is 2.35. The van der Waals surface area contributed by atoms with E-state index in [9.17, 15) is 4.39 Å². The molecule has 0 aliphatic carbocycles. The van der Waals surface area contributed by atoms with Gasteiger partial charge in [-0.2, -0.15) is 0 Å². The number of anilines is 3. The van der Waals surface area contributed by atoms with Crippen molar-refractivity contribution in [3.63, 3.8) is 0 Å². The number of ether oxygens (including phenoxy) is 1. The zero-order valence-electron chi connectivity index (χ0n) is 11.3. The van der Waals surface area contributed by atoms with Crippen LogP contribution >= 0.6 is 0 Å². The van der Waals surface area contributed by atoms with Gasteiger partial charge in [0.05, 0.1) is 18.5 Å². The van der Waals surface area contributed by atoms with Gasteiger partial charge in [-0.1, -0.05) is 18.2 Å². The molecule has 0 fully saturated rings. The van der Waals surface area contributed by atoms with Crippen LogP contribution in [0.25, 0.3) is 0 Å². The molecule has 2 N–H and O–H groups in total. The van der Waals surface area contributed by atoms with Crippen molar-refractivity contribution in [2.75, 3.05) is 24.8 Å². The Balaban J connectivity index is 2.50. The molecule has 0 aliphatic rings. The van der Waals surface area contributed by atoms with Crippen LogP contribution in [0.3, 0.4) is 0 Å². The van der Waals surface area contributed by atoms with Crippen molar-refractivity contribution in [1.29, 1.82) is 0 Å². The monoisotopic (exact) mass is 260 g/mol. The molecule has 2 aromatic rings. The molecular weight excluding hydrogens is 243 g/mol. The predicted molar refractivity (Wildman–Crippen MR) is 76.6 cm³/mol. The van der Waals surface area contributed by atoms with Gasteiger partial charge in [-0.25, -0.2) is 4.39 Å². The minimum Gasteiger partial charge on any atom is -0.494 e. The largest absolute Gasteiger partial charge is 0.494 e. The van der Waals surface area contributed by atoms with Gasteiger partial charge >= 0.3 is 0 Å². The second-order valence-corrected chi connectivity index (χ2v) is 4.39. The van der Waals surface area contributed by atoms with Crippen LogP contribution in [0.4, 0.5) is 21.5 Å². The summed E-state index contributed by atoms with van der Waals surface area (Å²) in [7, 11) is 3.33. The van der Waals surface area contributed by atoms with Crippen molar-refractivity contribution in [3.8, 4) is 5.75 Å². The van der Waals surface area contributed by atoms with E-state index in [0.717, 1.165) is 11.3 Å². The number of benzene rings is 2. The van der Waals surface area contributed by atoms with Crippen LogP contribution in [0.1, 0.15) is 5.56 Å². The van der Waals surface area contributed by atoms with E-state index >= 15 is 0 Å². The molecule has 3 nitrogen and oxygen atoms in total. The normalized spacial score (nSPS) is 10.3.